The second-order valence-corrected chi connectivity index (χ2v) is 7.91. The average molecular weight is 375 g/mol. The number of thioether (sulfide) groups is 1. The van der Waals surface area contributed by atoms with Crippen LogP contribution < -0.4 is 4.90 Å². The van der Waals surface area contributed by atoms with Gasteiger partial charge in [-0.2, -0.15) is 0 Å². The van der Waals surface area contributed by atoms with Gasteiger partial charge in [0.1, 0.15) is 6.33 Å². The smallest absolute Gasteiger partial charge is 0.240 e. The van der Waals surface area contributed by atoms with Gasteiger partial charge in [0.2, 0.25) is 5.91 Å². The number of carbonyl (C=O) groups excluding carboxylic acids is 1. The van der Waals surface area contributed by atoms with Crippen molar-refractivity contribution in [2.75, 3.05) is 25.2 Å². The van der Waals surface area contributed by atoms with Gasteiger partial charge in [-0.05, 0) is 30.4 Å². The molecule has 26 heavy (non-hydrogen) atoms. The Balaban J connectivity index is 1.74. The van der Waals surface area contributed by atoms with Crippen molar-refractivity contribution in [2.24, 2.45) is 5.92 Å². The number of aryl methyl sites for hydroxylation is 1. The fourth-order valence-electron chi connectivity index (χ4n) is 3.17. The molecule has 0 N–H and O–H groups in total. The van der Waals surface area contributed by atoms with Crippen molar-refractivity contribution in [1.82, 2.24) is 14.8 Å². The van der Waals surface area contributed by atoms with E-state index in [1.54, 1.807) is 13.4 Å². The summed E-state index contributed by atoms with van der Waals surface area (Å²) in [6.45, 7) is 6.41. The molecular weight excluding hydrogens is 348 g/mol. The summed E-state index contributed by atoms with van der Waals surface area (Å²) >= 11 is 1.52. The molecule has 0 radical (unpaired) electrons. The molecule has 6 nitrogen and oxygen atoms in total. The monoisotopic (exact) mass is 374 g/mol. The van der Waals surface area contributed by atoms with E-state index in [2.05, 4.69) is 30.1 Å². The largest absolute Gasteiger partial charge is 0.385 e. The van der Waals surface area contributed by atoms with Crippen LogP contribution in [0.2, 0.25) is 0 Å². The second-order valence-electron chi connectivity index (χ2n) is 6.80. The highest BCUT2D eigenvalue weighted by Gasteiger charge is 2.33. The highest BCUT2D eigenvalue weighted by molar-refractivity contribution is 8.00. The van der Waals surface area contributed by atoms with Crippen LogP contribution in [0.15, 0.2) is 35.7 Å². The molecule has 2 heterocycles. The summed E-state index contributed by atoms with van der Waals surface area (Å²) in [7, 11) is 1.70. The van der Waals surface area contributed by atoms with Crippen molar-refractivity contribution in [3.63, 3.8) is 0 Å². The first kappa shape index (κ1) is 18.9. The number of nitrogens with zero attached hydrogens (tertiary/aromatic N) is 4. The molecule has 1 aliphatic heterocycles. The van der Waals surface area contributed by atoms with Crippen LogP contribution in [0, 0.1) is 5.92 Å². The summed E-state index contributed by atoms with van der Waals surface area (Å²) in [6.07, 6.45) is 3.54. The molecule has 0 bridgehead atoms. The van der Waals surface area contributed by atoms with Crippen LogP contribution in [0.5, 0.6) is 0 Å². The minimum atomic E-state index is -0.188. The summed E-state index contributed by atoms with van der Waals surface area (Å²) < 4.78 is 7.12. The molecule has 1 aromatic heterocycles. The van der Waals surface area contributed by atoms with Gasteiger partial charge in [0.05, 0.1) is 5.25 Å². The number of hydrogen-bond acceptors (Lipinski definition) is 5. The first-order valence-corrected chi connectivity index (χ1v) is 9.92. The predicted molar refractivity (Wildman–Crippen MR) is 103 cm³/mol. The minimum absolute atomic E-state index is 0.154. The molecule has 0 saturated heterocycles. The lowest BCUT2D eigenvalue weighted by Gasteiger charge is -2.26. The van der Waals surface area contributed by atoms with Gasteiger partial charge < -0.3 is 14.2 Å². The van der Waals surface area contributed by atoms with Crippen LogP contribution in [0.25, 0.3) is 0 Å². The van der Waals surface area contributed by atoms with Crippen LogP contribution in [0.1, 0.15) is 25.8 Å². The summed E-state index contributed by atoms with van der Waals surface area (Å²) in [5, 5.41) is 8.87. The lowest BCUT2D eigenvalue weighted by atomic mass is 10.1. The van der Waals surface area contributed by atoms with Crippen molar-refractivity contribution in [3.8, 4) is 0 Å². The molecule has 140 valence electrons. The Kier molecular flexibility index (Phi) is 6.32. The number of carbonyl (C=O) groups is 1. The van der Waals surface area contributed by atoms with Crippen LogP contribution in [-0.4, -0.2) is 46.2 Å². The maximum atomic E-state index is 13.3. The maximum absolute atomic E-state index is 13.3. The number of rotatable bonds is 8. The quantitative estimate of drug-likeness (QED) is 0.525. The summed E-state index contributed by atoms with van der Waals surface area (Å²) in [5.74, 6) is 0.353. The number of benzene rings is 1. The molecule has 1 atom stereocenters. The fraction of sp³-hybridized carbons (Fsp3) is 0.526. The lowest BCUT2D eigenvalue weighted by molar-refractivity contribution is -0.118. The topological polar surface area (TPSA) is 60.2 Å². The van der Waals surface area contributed by atoms with E-state index in [0.717, 1.165) is 36.8 Å². The Morgan fingerprint density at radius 2 is 2.15 bits per heavy atom. The van der Waals surface area contributed by atoms with Gasteiger partial charge in [-0.15, -0.1) is 10.2 Å². The normalized spacial score (nSPS) is 14.7. The zero-order chi connectivity index (χ0) is 18.5. The Morgan fingerprint density at radius 1 is 1.35 bits per heavy atom. The Hall–Kier alpha value is -1.86. The van der Waals surface area contributed by atoms with Gasteiger partial charge >= 0.3 is 0 Å². The molecule has 1 aliphatic rings. The molecule has 1 unspecified atom stereocenters. The molecule has 0 saturated carbocycles. The van der Waals surface area contributed by atoms with Crippen LogP contribution in [-0.2, 0) is 22.5 Å². The number of aromatic nitrogens is 3. The highest BCUT2D eigenvalue weighted by atomic mass is 32.2. The molecule has 0 spiro atoms. The van der Waals surface area contributed by atoms with Crippen LogP contribution in [0.4, 0.5) is 5.69 Å². The van der Waals surface area contributed by atoms with Gasteiger partial charge in [0.25, 0.3) is 0 Å². The predicted octanol–water partition coefficient (Wildman–Crippen LogP) is 3.02. The third-order valence-corrected chi connectivity index (χ3v) is 6.09. The SMILES string of the molecule is COCCCn1cnnc1SC(C(=O)N1CCc2ccccc21)C(C)C. The van der Waals surface area contributed by atoms with Crippen molar-refractivity contribution in [3.05, 3.63) is 36.2 Å². The molecule has 0 aliphatic carbocycles. The number of para-hydroxylation sites is 1. The third-order valence-electron chi connectivity index (χ3n) is 4.56. The van der Waals surface area contributed by atoms with Gasteiger partial charge in [-0.3, -0.25) is 4.79 Å². The van der Waals surface area contributed by atoms with Gasteiger partial charge in [-0.25, -0.2) is 0 Å². The van der Waals surface area contributed by atoms with E-state index in [1.807, 2.05) is 27.7 Å². The van der Waals surface area contributed by atoms with Crippen molar-refractivity contribution in [1.29, 1.82) is 0 Å². The zero-order valence-corrected chi connectivity index (χ0v) is 16.4. The van der Waals surface area contributed by atoms with Gasteiger partial charge in [0.15, 0.2) is 5.16 Å². The van der Waals surface area contributed by atoms with Crippen LogP contribution in [0.3, 0.4) is 0 Å². The Bertz CT molecular complexity index is 747. The van der Waals surface area contributed by atoms with E-state index >= 15 is 0 Å². The molecular formula is C19H26N4O2S. The van der Waals surface area contributed by atoms with E-state index < -0.39 is 0 Å². The van der Waals surface area contributed by atoms with E-state index in [9.17, 15) is 4.79 Å². The van der Waals surface area contributed by atoms with Crippen molar-refractivity contribution in [2.45, 2.75) is 43.6 Å². The van der Waals surface area contributed by atoms with Gasteiger partial charge in [0, 0.05) is 32.5 Å². The zero-order valence-electron chi connectivity index (χ0n) is 15.6. The number of ether oxygens (including phenoxy) is 1. The number of methoxy groups -OCH3 is 1. The first-order chi connectivity index (χ1) is 12.6. The first-order valence-electron chi connectivity index (χ1n) is 9.04. The average Bonchev–Trinajstić information content (AvgIpc) is 3.26. The van der Waals surface area contributed by atoms with E-state index in [-0.39, 0.29) is 17.1 Å². The molecule has 0 fully saturated rings. The molecule has 7 heteroatoms. The van der Waals surface area contributed by atoms with Crippen molar-refractivity contribution >= 4 is 23.4 Å². The lowest BCUT2D eigenvalue weighted by Crippen LogP contribution is -2.39. The Labute approximate surface area is 158 Å². The van der Waals surface area contributed by atoms with E-state index in [4.69, 9.17) is 4.74 Å². The molecule has 1 amide bonds. The number of fused-ring (bicyclic) bond motifs is 1. The standard InChI is InChI=1S/C19H26N4O2S/c1-14(2)17(26-19-21-20-13-22(19)10-6-12-25-3)18(24)23-11-9-15-7-4-5-8-16(15)23/h4-5,7-8,13-14,17H,6,9-12H2,1-3H3. The number of amides is 1. The third kappa shape index (κ3) is 4.10. The van der Waals surface area contributed by atoms with Gasteiger partial charge in [-0.1, -0.05) is 43.8 Å². The fourth-order valence-corrected chi connectivity index (χ4v) is 4.27. The minimum Gasteiger partial charge on any atom is -0.385 e. The van der Waals surface area contributed by atoms with Crippen LogP contribution >= 0.6 is 11.8 Å². The maximum Gasteiger partial charge on any atom is 0.240 e. The van der Waals surface area contributed by atoms with E-state index in [0.29, 0.717) is 6.61 Å². The molecule has 3 rings (SSSR count). The van der Waals surface area contributed by atoms with E-state index in [1.165, 1.54) is 17.3 Å². The summed E-state index contributed by atoms with van der Waals surface area (Å²) in [5.41, 5.74) is 2.29. The van der Waals surface area contributed by atoms with Crippen molar-refractivity contribution < 1.29 is 9.53 Å². The number of anilines is 1. The Morgan fingerprint density at radius 3 is 2.92 bits per heavy atom. The number of hydrogen-bond donors (Lipinski definition) is 0. The molecule has 1 aromatic carbocycles. The summed E-state index contributed by atoms with van der Waals surface area (Å²) in [4.78, 5) is 15.2. The highest BCUT2D eigenvalue weighted by Crippen LogP contribution is 2.33. The summed E-state index contributed by atoms with van der Waals surface area (Å²) in [6, 6.07) is 8.17. The molecule has 2 aromatic rings. The second kappa shape index (κ2) is 8.68.